The molecule has 11 heavy (non-hydrogen) atoms. The molecule has 0 bridgehead atoms. The summed E-state index contributed by atoms with van der Waals surface area (Å²) in [6, 6.07) is 0. The van der Waals surface area contributed by atoms with Crippen molar-refractivity contribution < 1.29 is 20.5 Å². The summed E-state index contributed by atoms with van der Waals surface area (Å²) in [5.74, 6) is -0.711. The predicted octanol–water partition coefficient (Wildman–Crippen LogP) is -0.0211. The van der Waals surface area contributed by atoms with Crippen molar-refractivity contribution in [3.8, 4) is 0 Å². The minimum absolute atomic E-state index is 0. The van der Waals surface area contributed by atoms with Crippen LogP contribution in [0.5, 0.6) is 0 Å². The largest absolute Gasteiger partial charge is 0.481 e. The van der Waals surface area contributed by atoms with E-state index in [4.69, 9.17) is 10.2 Å². The second kappa shape index (κ2) is 34.6. The first-order valence-corrected chi connectivity index (χ1v) is 2.44. The molecule has 0 rings (SSSR count). The molecule has 0 aromatic rings. The minimum atomic E-state index is -0.711. The Morgan fingerprint density at radius 1 is 1.27 bits per heavy atom. The Morgan fingerprint density at radius 2 is 1.55 bits per heavy atom. The molecule has 0 radical (unpaired) electrons. The van der Waals surface area contributed by atoms with Crippen LogP contribution in [0.15, 0.2) is 0 Å². The Morgan fingerprint density at radius 3 is 1.55 bits per heavy atom. The van der Waals surface area contributed by atoms with E-state index in [-0.39, 0.29) is 17.8 Å². The molecule has 0 amide bonds. The first-order valence-electron chi connectivity index (χ1n) is 2.44. The molecular weight excluding hydrogens is 152 g/mol. The van der Waals surface area contributed by atoms with Gasteiger partial charge in [0.2, 0.25) is 0 Å². The summed E-state index contributed by atoms with van der Waals surface area (Å²) in [7, 11) is 1.00. The summed E-state index contributed by atoms with van der Waals surface area (Å²) in [4.78, 5) is 9.60. The number of carbonyl (C=O) groups is 1. The van der Waals surface area contributed by atoms with Crippen molar-refractivity contribution in [3.63, 3.8) is 0 Å². The van der Waals surface area contributed by atoms with Gasteiger partial charge < -0.3 is 28.0 Å². The van der Waals surface area contributed by atoms with Crippen molar-refractivity contribution in [2.24, 2.45) is 0 Å². The molecule has 0 saturated heterocycles. The summed E-state index contributed by atoms with van der Waals surface area (Å²) < 4.78 is 0. The summed E-state index contributed by atoms with van der Waals surface area (Å²) >= 11 is 0. The summed E-state index contributed by atoms with van der Waals surface area (Å²) in [5, 5.41) is 14.9. The van der Waals surface area contributed by atoms with Crippen molar-refractivity contribution in [2.75, 3.05) is 7.11 Å². The number of aliphatic hydroxyl groups excluding tert-OH is 1. The maximum Gasteiger partial charge on any atom is 0.303 e. The number of rotatable bonds is 2. The maximum absolute atomic E-state index is 9.60. The number of aliphatic carboxylic acids is 1. The number of carboxylic acids is 1. The highest BCUT2D eigenvalue weighted by Gasteiger charge is 1.87. The van der Waals surface area contributed by atoms with Crippen LogP contribution in [0.1, 0.15) is 19.8 Å². The van der Waals surface area contributed by atoms with Crippen molar-refractivity contribution in [1.29, 1.82) is 0 Å². The topological polar surface area (TPSA) is 159 Å². The van der Waals surface area contributed by atoms with Gasteiger partial charge >= 0.3 is 5.97 Å². The lowest BCUT2D eigenvalue weighted by Crippen LogP contribution is -1.90. The molecule has 0 aliphatic rings. The summed E-state index contributed by atoms with van der Waals surface area (Å²) in [5.41, 5.74) is 0. The van der Waals surface area contributed by atoms with Crippen molar-refractivity contribution in [3.05, 3.63) is 0 Å². The minimum Gasteiger partial charge on any atom is -0.481 e. The molecule has 10 N–H and O–H groups in total. The highest BCUT2D eigenvalue weighted by Crippen LogP contribution is 1.82. The van der Waals surface area contributed by atoms with Crippen LogP contribution in [0.25, 0.3) is 0 Å². The van der Waals surface area contributed by atoms with Crippen LogP contribution in [-0.4, -0.2) is 28.8 Å². The van der Waals surface area contributed by atoms with E-state index in [9.17, 15) is 4.79 Å². The van der Waals surface area contributed by atoms with E-state index in [0.29, 0.717) is 6.42 Å². The molecule has 0 saturated carbocycles. The highest BCUT2D eigenvalue weighted by atomic mass is 16.4. The van der Waals surface area contributed by atoms with Crippen LogP contribution < -0.4 is 12.3 Å². The Labute approximate surface area is 66.7 Å². The smallest absolute Gasteiger partial charge is 0.303 e. The first kappa shape index (κ1) is 31.7. The van der Waals surface area contributed by atoms with Gasteiger partial charge in [0, 0.05) is 13.5 Å². The monoisotopic (exact) mass is 172 g/mol. The van der Waals surface area contributed by atoms with Gasteiger partial charge in [0.15, 0.2) is 0 Å². The Kier molecular flexibility index (Phi) is 99.7. The third-order valence-corrected chi connectivity index (χ3v) is 0.464. The quantitative estimate of drug-likeness (QED) is 0.459. The number of carboxylic acid groups (broad SMARTS) is 1. The lowest BCUT2D eigenvalue weighted by Gasteiger charge is -1.79. The number of hydrogen-bond acceptors (Lipinski definition) is 4. The molecule has 6 nitrogen and oxygen atoms in total. The van der Waals surface area contributed by atoms with E-state index in [1.165, 1.54) is 0 Å². The van der Waals surface area contributed by atoms with E-state index < -0.39 is 5.97 Å². The normalized spacial score (nSPS) is 5.00. The third-order valence-electron chi connectivity index (χ3n) is 0.464. The van der Waals surface area contributed by atoms with Crippen molar-refractivity contribution in [2.45, 2.75) is 19.8 Å². The Balaban J connectivity index is -0.0000000222. The zero-order valence-electron chi connectivity index (χ0n) is 7.13. The van der Waals surface area contributed by atoms with Gasteiger partial charge in [0.25, 0.3) is 0 Å². The summed E-state index contributed by atoms with van der Waals surface area (Å²) in [6.45, 7) is 1.84. The predicted molar refractivity (Wildman–Crippen MR) is 44.3 cm³/mol. The van der Waals surface area contributed by atoms with Crippen molar-refractivity contribution >= 4 is 5.97 Å². The molecule has 0 unspecified atom stereocenters. The SMILES string of the molecule is CCCC(=O)O.CO.N.N.O. The molecule has 0 aliphatic heterocycles. The zero-order valence-corrected chi connectivity index (χ0v) is 7.13. The van der Waals surface area contributed by atoms with Crippen molar-refractivity contribution in [1.82, 2.24) is 12.3 Å². The third kappa shape index (κ3) is 93.2. The van der Waals surface area contributed by atoms with E-state index in [1.807, 2.05) is 6.92 Å². The molecule has 0 aromatic heterocycles. The van der Waals surface area contributed by atoms with Gasteiger partial charge in [-0.2, -0.15) is 0 Å². The number of aliphatic hydroxyl groups is 1. The van der Waals surface area contributed by atoms with Crippen LogP contribution in [0.3, 0.4) is 0 Å². The average molecular weight is 172 g/mol. The Bertz CT molecular complexity index is 60.4. The molecule has 0 heterocycles. The van der Waals surface area contributed by atoms with E-state index in [2.05, 4.69) is 0 Å². The van der Waals surface area contributed by atoms with Gasteiger partial charge in [-0.25, -0.2) is 0 Å². The second-order valence-corrected chi connectivity index (χ2v) is 1.14. The van der Waals surface area contributed by atoms with Crippen LogP contribution in [0.2, 0.25) is 0 Å². The first-order chi connectivity index (χ1) is 3.77. The fourth-order valence-corrected chi connectivity index (χ4v) is 0.214. The molecular formula is C5H20N2O4. The second-order valence-electron chi connectivity index (χ2n) is 1.14. The lowest BCUT2D eigenvalue weighted by molar-refractivity contribution is -0.137. The molecule has 0 aliphatic carbocycles. The Hall–Kier alpha value is -0.690. The van der Waals surface area contributed by atoms with Crippen LogP contribution >= 0.6 is 0 Å². The molecule has 6 heteroatoms. The molecule has 0 fully saturated rings. The molecule has 0 atom stereocenters. The molecule has 74 valence electrons. The van der Waals surface area contributed by atoms with Gasteiger partial charge in [-0.1, -0.05) is 6.92 Å². The van der Waals surface area contributed by atoms with Crippen LogP contribution in [-0.2, 0) is 4.79 Å². The standard InChI is InChI=1S/C4H8O2.CH4O.2H3N.H2O/c1-2-3-4(5)6;1-2;;;/h2-3H2,1H3,(H,5,6);2H,1H3;2*1H3;1H2. The van der Waals surface area contributed by atoms with E-state index in [1.54, 1.807) is 0 Å². The van der Waals surface area contributed by atoms with Crippen LogP contribution in [0, 0.1) is 0 Å². The zero-order chi connectivity index (χ0) is 6.99. The van der Waals surface area contributed by atoms with Gasteiger partial charge in [-0.05, 0) is 6.42 Å². The van der Waals surface area contributed by atoms with Gasteiger partial charge in [0.05, 0.1) is 0 Å². The van der Waals surface area contributed by atoms with Gasteiger partial charge in [-0.15, -0.1) is 0 Å². The number of hydrogen-bond donors (Lipinski definition) is 4. The van der Waals surface area contributed by atoms with E-state index in [0.717, 1.165) is 13.5 Å². The fourth-order valence-electron chi connectivity index (χ4n) is 0.214. The lowest BCUT2D eigenvalue weighted by atomic mass is 10.4. The van der Waals surface area contributed by atoms with Gasteiger partial charge in [-0.3, -0.25) is 4.79 Å². The van der Waals surface area contributed by atoms with Gasteiger partial charge in [0.1, 0.15) is 0 Å². The average Bonchev–Trinajstić information content (AvgIpc) is 1.72. The summed E-state index contributed by atoms with van der Waals surface area (Å²) in [6.07, 6.45) is 1.02. The maximum atomic E-state index is 9.60. The molecule has 0 aromatic carbocycles. The highest BCUT2D eigenvalue weighted by molar-refractivity contribution is 5.66. The fraction of sp³-hybridized carbons (Fsp3) is 0.800. The molecule has 0 spiro atoms. The van der Waals surface area contributed by atoms with Crippen LogP contribution in [0.4, 0.5) is 0 Å². The van der Waals surface area contributed by atoms with E-state index >= 15 is 0 Å².